The van der Waals surface area contributed by atoms with E-state index in [0.29, 0.717) is 0 Å². The molecule has 2 aliphatic rings. The third-order valence-electron chi connectivity index (χ3n) is 5.66. The van der Waals surface area contributed by atoms with Gasteiger partial charge in [-0.3, -0.25) is 4.98 Å². The van der Waals surface area contributed by atoms with E-state index in [1.165, 1.54) is 0 Å². The van der Waals surface area contributed by atoms with Crippen LogP contribution in [-0.4, -0.2) is 56.6 Å². The van der Waals surface area contributed by atoms with Gasteiger partial charge in [-0.1, -0.05) is 0 Å². The van der Waals surface area contributed by atoms with E-state index in [9.17, 15) is 0 Å². The van der Waals surface area contributed by atoms with Gasteiger partial charge in [0.15, 0.2) is 0 Å². The average molecular weight is 347 g/mol. The van der Waals surface area contributed by atoms with Gasteiger partial charge < -0.3 is 24.3 Å². The number of rotatable bonds is 4. The lowest BCUT2D eigenvalue weighted by Crippen LogP contribution is -2.45. The summed E-state index contributed by atoms with van der Waals surface area (Å²) in [7, 11) is 1.26. The van der Waals surface area contributed by atoms with Crippen LogP contribution in [0.4, 0.5) is 5.69 Å². The highest BCUT2D eigenvalue weighted by molar-refractivity contribution is 6.62. The quantitative estimate of drug-likeness (QED) is 0.833. The van der Waals surface area contributed by atoms with Crippen molar-refractivity contribution in [3.05, 3.63) is 18.0 Å². The van der Waals surface area contributed by atoms with Gasteiger partial charge in [-0.15, -0.1) is 0 Å². The smallest absolute Gasteiger partial charge is 0.399 e. The van der Waals surface area contributed by atoms with Crippen molar-refractivity contribution < 1.29 is 14.0 Å². The van der Waals surface area contributed by atoms with Gasteiger partial charge >= 0.3 is 7.12 Å². The van der Waals surface area contributed by atoms with Crippen LogP contribution in [0.5, 0.6) is 0 Å². The first-order valence-corrected chi connectivity index (χ1v) is 9.09. The molecule has 1 aromatic heterocycles. The van der Waals surface area contributed by atoms with E-state index in [1.54, 1.807) is 7.11 Å². The van der Waals surface area contributed by atoms with Gasteiger partial charge in [-0.25, -0.2) is 0 Å². The molecule has 0 aromatic carbocycles. The molecule has 3 heterocycles. The summed E-state index contributed by atoms with van der Waals surface area (Å²) >= 11 is 0. The summed E-state index contributed by atoms with van der Waals surface area (Å²) in [5.74, 6) is 0. The zero-order valence-electron chi connectivity index (χ0n) is 16.3. The molecule has 0 aliphatic carbocycles. The molecule has 1 N–H and O–H groups in total. The number of hydrogen-bond acceptors (Lipinski definition) is 6. The number of hydrogen-bond donors (Lipinski definition) is 1. The summed E-state index contributed by atoms with van der Waals surface area (Å²) in [6.45, 7) is 14.2. The third kappa shape index (κ3) is 3.56. The van der Waals surface area contributed by atoms with Crippen LogP contribution in [0.2, 0.25) is 0 Å². The fourth-order valence-electron chi connectivity index (χ4n) is 3.19. The number of nitrogens with one attached hydrogen (secondary N) is 1. The Morgan fingerprint density at radius 3 is 2.36 bits per heavy atom. The van der Waals surface area contributed by atoms with Gasteiger partial charge in [0.05, 0.1) is 34.9 Å². The molecule has 2 aliphatic heterocycles. The second kappa shape index (κ2) is 6.87. The van der Waals surface area contributed by atoms with Crippen LogP contribution < -0.4 is 15.7 Å². The van der Waals surface area contributed by atoms with Crippen molar-refractivity contribution in [2.45, 2.75) is 51.9 Å². The van der Waals surface area contributed by atoms with Crippen LogP contribution in [0, 0.1) is 0 Å². The molecule has 1 aromatic rings. The molecule has 7 heteroatoms. The Hall–Kier alpha value is -1.15. The largest absolute Gasteiger partial charge is 0.496 e. The van der Waals surface area contributed by atoms with Crippen LogP contribution in [0.1, 0.15) is 46.4 Å². The lowest BCUT2D eigenvalue weighted by Gasteiger charge is -2.32. The van der Waals surface area contributed by atoms with Gasteiger partial charge in [0, 0.05) is 38.8 Å². The molecule has 1 unspecified atom stereocenters. The van der Waals surface area contributed by atoms with E-state index < -0.39 is 7.12 Å². The van der Waals surface area contributed by atoms with E-state index >= 15 is 0 Å². The summed E-state index contributed by atoms with van der Waals surface area (Å²) < 4.78 is 18.1. The Bertz CT molecular complexity index is 602. The zero-order chi connectivity index (χ0) is 18.2. The second-order valence-corrected chi connectivity index (χ2v) is 7.87. The van der Waals surface area contributed by atoms with Gasteiger partial charge in [-0.2, -0.15) is 0 Å². The van der Waals surface area contributed by atoms with Crippen molar-refractivity contribution in [2.75, 3.05) is 38.2 Å². The third-order valence-corrected chi connectivity index (χ3v) is 5.66. The number of nitrogens with zero attached hydrogens (tertiary/aromatic N) is 2. The molecule has 6 nitrogen and oxygen atoms in total. The maximum atomic E-state index is 6.28. The summed E-state index contributed by atoms with van der Waals surface area (Å²) in [4.78, 5) is 7.06. The highest BCUT2D eigenvalue weighted by Crippen LogP contribution is 2.37. The topological polar surface area (TPSA) is 55.9 Å². The molecule has 0 spiro atoms. The predicted octanol–water partition coefficient (Wildman–Crippen LogP) is 1.50. The highest BCUT2D eigenvalue weighted by Gasteiger charge is 2.52. The fraction of sp³-hybridized carbons (Fsp3) is 0.722. The monoisotopic (exact) mass is 347 g/mol. The Morgan fingerprint density at radius 1 is 1.20 bits per heavy atom. The first-order chi connectivity index (χ1) is 11.7. The second-order valence-electron chi connectivity index (χ2n) is 7.87. The zero-order valence-corrected chi connectivity index (χ0v) is 16.3. The van der Waals surface area contributed by atoms with E-state index in [4.69, 9.17) is 19.0 Å². The average Bonchev–Trinajstić information content (AvgIpc) is 2.82. The van der Waals surface area contributed by atoms with Gasteiger partial charge in [0.2, 0.25) is 0 Å². The molecule has 0 saturated carbocycles. The minimum atomic E-state index is -0.437. The Morgan fingerprint density at radius 2 is 1.80 bits per heavy atom. The predicted molar refractivity (Wildman–Crippen MR) is 100 cm³/mol. The van der Waals surface area contributed by atoms with E-state index in [2.05, 4.69) is 44.0 Å². The normalized spacial score (nSPS) is 23.8. The molecule has 2 saturated heterocycles. The Balaban J connectivity index is 1.97. The summed E-state index contributed by atoms with van der Waals surface area (Å²) in [6.07, 6.45) is 1.82. The number of ether oxygens (including phenoxy) is 1. The molecule has 1 atom stereocenters. The van der Waals surface area contributed by atoms with Gasteiger partial charge in [-0.05, 0) is 40.7 Å². The van der Waals surface area contributed by atoms with Crippen molar-refractivity contribution in [3.63, 3.8) is 0 Å². The standard InChI is InChI=1S/C18H30BN3O3/c1-13(23-6)16-15(19-24-17(2,3)18(4,5)25-19)11-14(12-21-16)22-9-7-20-8-10-22/h11-13,20H,7-10H2,1-6H3. The Kier molecular flexibility index (Phi) is 5.12. The SMILES string of the molecule is COC(C)c1ncc(N2CCNCC2)cc1B1OC(C)(C)C(C)(C)O1. The maximum Gasteiger partial charge on any atom is 0.496 e. The lowest BCUT2D eigenvalue weighted by molar-refractivity contribution is 0.00578. The van der Waals surface area contributed by atoms with E-state index in [1.807, 2.05) is 13.1 Å². The summed E-state index contributed by atoms with van der Waals surface area (Å²) in [5, 5.41) is 3.38. The molecule has 25 heavy (non-hydrogen) atoms. The van der Waals surface area contributed by atoms with Crippen molar-refractivity contribution in [1.82, 2.24) is 10.3 Å². The molecular formula is C18H30BN3O3. The summed E-state index contributed by atoms with van der Waals surface area (Å²) in [5.41, 5.74) is 2.19. The van der Waals surface area contributed by atoms with Gasteiger partial charge in [0.1, 0.15) is 0 Å². The van der Waals surface area contributed by atoms with Gasteiger partial charge in [0.25, 0.3) is 0 Å². The number of pyridine rings is 1. The molecule has 138 valence electrons. The molecule has 0 radical (unpaired) electrons. The first kappa shape index (κ1) is 18.6. The van der Waals surface area contributed by atoms with Crippen LogP contribution in [0.25, 0.3) is 0 Å². The van der Waals surface area contributed by atoms with Crippen molar-refractivity contribution in [2.24, 2.45) is 0 Å². The number of piperazine rings is 1. The Labute approximate surface area is 151 Å². The molecule has 0 bridgehead atoms. The van der Waals surface area contributed by atoms with Crippen LogP contribution >= 0.6 is 0 Å². The lowest BCUT2D eigenvalue weighted by atomic mass is 9.76. The first-order valence-electron chi connectivity index (χ1n) is 9.09. The maximum absolute atomic E-state index is 6.28. The minimum absolute atomic E-state index is 0.119. The van der Waals surface area contributed by atoms with Crippen LogP contribution in [0.15, 0.2) is 12.3 Å². The van der Waals surface area contributed by atoms with Crippen molar-refractivity contribution in [3.8, 4) is 0 Å². The van der Waals surface area contributed by atoms with Crippen LogP contribution in [0.3, 0.4) is 0 Å². The highest BCUT2D eigenvalue weighted by atomic mass is 16.7. The molecule has 3 rings (SSSR count). The van der Waals surface area contributed by atoms with Crippen molar-refractivity contribution in [1.29, 1.82) is 0 Å². The fourth-order valence-corrected chi connectivity index (χ4v) is 3.19. The molecule has 0 amide bonds. The number of anilines is 1. The number of aromatic nitrogens is 1. The van der Waals surface area contributed by atoms with Crippen molar-refractivity contribution >= 4 is 18.3 Å². The van der Waals surface area contributed by atoms with E-state index in [0.717, 1.165) is 43.0 Å². The molecular weight excluding hydrogens is 317 g/mol. The summed E-state index contributed by atoms with van der Waals surface area (Å²) in [6, 6.07) is 2.16. The van der Waals surface area contributed by atoms with E-state index in [-0.39, 0.29) is 17.3 Å². The molecule has 2 fully saturated rings. The van der Waals surface area contributed by atoms with Crippen LogP contribution in [-0.2, 0) is 14.0 Å². The minimum Gasteiger partial charge on any atom is -0.399 e. The number of methoxy groups -OCH3 is 1.